The zero-order chi connectivity index (χ0) is 13.8. The van der Waals surface area contributed by atoms with Crippen molar-refractivity contribution in [2.45, 2.75) is 19.8 Å². The molecule has 5 nitrogen and oxygen atoms in total. The Balaban J connectivity index is 1.96. The van der Waals surface area contributed by atoms with Crippen molar-refractivity contribution in [2.24, 2.45) is 5.92 Å². The van der Waals surface area contributed by atoms with Crippen molar-refractivity contribution in [3.63, 3.8) is 0 Å². The van der Waals surface area contributed by atoms with Gasteiger partial charge in [0.2, 0.25) is 5.91 Å². The van der Waals surface area contributed by atoms with Crippen LogP contribution in [0, 0.1) is 12.8 Å². The van der Waals surface area contributed by atoms with E-state index in [0.717, 1.165) is 12.2 Å². The molecule has 1 aliphatic heterocycles. The van der Waals surface area contributed by atoms with Gasteiger partial charge in [-0.15, -0.1) is 0 Å². The number of carboxylic acid groups (broad SMARTS) is 1. The van der Waals surface area contributed by atoms with Gasteiger partial charge in [0.25, 0.3) is 0 Å². The van der Waals surface area contributed by atoms with E-state index in [1.807, 2.05) is 13.0 Å². The van der Waals surface area contributed by atoms with Crippen LogP contribution in [-0.2, 0) is 9.59 Å². The number of carbonyl (C=O) groups is 2. The summed E-state index contributed by atoms with van der Waals surface area (Å²) in [6.07, 6.45) is 4.42. The van der Waals surface area contributed by atoms with E-state index in [9.17, 15) is 9.59 Å². The Kier molecular flexibility index (Phi) is 4.04. The lowest BCUT2D eigenvalue weighted by Gasteiger charge is -2.29. The summed E-state index contributed by atoms with van der Waals surface area (Å²) >= 11 is 0. The molecule has 0 bridgehead atoms. The highest BCUT2D eigenvalue weighted by Crippen LogP contribution is 2.17. The Labute approximate surface area is 111 Å². The van der Waals surface area contributed by atoms with Gasteiger partial charge in [-0.05, 0) is 38.0 Å². The molecule has 0 radical (unpaired) electrons. The van der Waals surface area contributed by atoms with Gasteiger partial charge in [-0.25, -0.2) is 0 Å². The van der Waals surface area contributed by atoms with Crippen molar-refractivity contribution in [2.75, 3.05) is 13.1 Å². The molecule has 0 unspecified atom stereocenters. The Bertz CT molecular complexity index is 503. The number of furan rings is 1. The van der Waals surface area contributed by atoms with Gasteiger partial charge < -0.3 is 14.4 Å². The number of hydrogen-bond acceptors (Lipinski definition) is 3. The van der Waals surface area contributed by atoms with Crippen LogP contribution in [0.15, 0.2) is 22.6 Å². The van der Waals surface area contributed by atoms with Crippen LogP contribution < -0.4 is 0 Å². The SMILES string of the molecule is Cc1ccc(/C=C/C(=O)N2CCC[C@@H](C(=O)O)C2)o1. The minimum absolute atomic E-state index is 0.167. The molecule has 1 aromatic rings. The number of aliphatic carboxylic acids is 1. The molecule has 102 valence electrons. The largest absolute Gasteiger partial charge is 0.481 e. The Morgan fingerprint density at radius 3 is 2.89 bits per heavy atom. The zero-order valence-corrected chi connectivity index (χ0v) is 10.8. The molecule has 1 saturated heterocycles. The fourth-order valence-electron chi connectivity index (χ4n) is 2.18. The van der Waals surface area contributed by atoms with E-state index in [1.165, 1.54) is 6.08 Å². The average Bonchev–Trinajstić information content (AvgIpc) is 2.82. The van der Waals surface area contributed by atoms with E-state index in [4.69, 9.17) is 9.52 Å². The van der Waals surface area contributed by atoms with Crippen molar-refractivity contribution < 1.29 is 19.1 Å². The van der Waals surface area contributed by atoms with Gasteiger partial charge >= 0.3 is 5.97 Å². The van der Waals surface area contributed by atoms with Crippen molar-refractivity contribution >= 4 is 18.0 Å². The molecule has 0 aliphatic carbocycles. The van der Waals surface area contributed by atoms with E-state index in [1.54, 1.807) is 17.0 Å². The molecule has 5 heteroatoms. The first-order valence-corrected chi connectivity index (χ1v) is 6.32. The first-order valence-electron chi connectivity index (χ1n) is 6.32. The predicted octanol–water partition coefficient (Wildman–Crippen LogP) is 1.92. The summed E-state index contributed by atoms with van der Waals surface area (Å²) in [6.45, 7) is 2.74. The minimum Gasteiger partial charge on any atom is -0.481 e. The van der Waals surface area contributed by atoms with Crippen LogP contribution in [-0.4, -0.2) is 35.0 Å². The maximum Gasteiger partial charge on any atom is 0.308 e. The highest BCUT2D eigenvalue weighted by molar-refractivity contribution is 5.91. The number of amides is 1. The van der Waals surface area contributed by atoms with Gasteiger partial charge in [0.15, 0.2) is 0 Å². The summed E-state index contributed by atoms with van der Waals surface area (Å²) in [6, 6.07) is 3.61. The third-order valence-corrected chi connectivity index (χ3v) is 3.23. The summed E-state index contributed by atoms with van der Waals surface area (Å²) in [5, 5.41) is 8.98. The first-order chi connectivity index (χ1) is 9.06. The lowest BCUT2D eigenvalue weighted by molar-refractivity contribution is -0.144. The maximum absolute atomic E-state index is 12.0. The molecule has 1 aliphatic rings. The van der Waals surface area contributed by atoms with E-state index in [-0.39, 0.29) is 12.5 Å². The second-order valence-electron chi connectivity index (χ2n) is 4.74. The summed E-state index contributed by atoms with van der Waals surface area (Å²) < 4.78 is 5.33. The molecule has 19 heavy (non-hydrogen) atoms. The lowest BCUT2D eigenvalue weighted by Crippen LogP contribution is -2.41. The molecule has 1 atom stereocenters. The van der Waals surface area contributed by atoms with Crippen molar-refractivity contribution in [3.05, 3.63) is 29.7 Å². The van der Waals surface area contributed by atoms with Crippen LogP contribution in [0.5, 0.6) is 0 Å². The molecule has 1 fully saturated rings. The van der Waals surface area contributed by atoms with E-state index < -0.39 is 11.9 Å². The van der Waals surface area contributed by atoms with Crippen LogP contribution in [0.4, 0.5) is 0 Å². The third kappa shape index (κ3) is 3.47. The number of piperidine rings is 1. The molecular weight excluding hydrogens is 246 g/mol. The number of hydrogen-bond donors (Lipinski definition) is 1. The summed E-state index contributed by atoms with van der Waals surface area (Å²) in [5.41, 5.74) is 0. The topological polar surface area (TPSA) is 70.8 Å². The number of likely N-dealkylation sites (tertiary alicyclic amines) is 1. The molecule has 1 amide bonds. The molecule has 2 heterocycles. The first kappa shape index (κ1) is 13.4. The van der Waals surface area contributed by atoms with Crippen molar-refractivity contribution in [1.82, 2.24) is 4.90 Å². The smallest absolute Gasteiger partial charge is 0.308 e. The van der Waals surface area contributed by atoms with Gasteiger partial charge in [0.1, 0.15) is 11.5 Å². The number of aryl methyl sites for hydroxylation is 1. The van der Waals surface area contributed by atoms with Crippen molar-refractivity contribution in [3.8, 4) is 0 Å². The number of carboxylic acids is 1. The fourth-order valence-corrected chi connectivity index (χ4v) is 2.18. The van der Waals surface area contributed by atoms with E-state index in [0.29, 0.717) is 18.7 Å². The second kappa shape index (κ2) is 5.73. The monoisotopic (exact) mass is 263 g/mol. The van der Waals surface area contributed by atoms with E-state index in [2.05, 4.69) is 0 Å². The standard InChI is InChI=1S/C14H17NO4/c1-10-4-5-12(19-10)6-7-13(16)15-8-2-3-11(9-15)14(17)18/h4-7,11H,2-3,8-9H2,1H3,(H,17,18)/b7-6+/t11-/m1/s1. The summed E-state index contributed by atoms with van der Waals surface area (Å²) in [7, 11) is 0. The minimum atomic E-state index is -0.830. The molecule has 0 aromatic carbocycles. The van der Waals surface area contributed by atoms with E-state index >= 15 is 0 Å². The predicted molar refractivity (Wildman–Crippen MR) is 69.4 cm³/mol. The number of carbonyl (C=O) groups excluding carboxylic acids is 1. The van der Waals surface area contributed by atoms with Gasteiger partial charge in [0, 0.05) is 19.2 Å². The Morgan fingerprint density at radius 1 is 1.47 bits per heavy atom. The molecule has 1 aromatic heterocycles. The van der Waals surface area contributed by atoms with Crippen molar-refractivity contribution in [1.29, 1.82) is 0 Å². The normalized spacial score (nSPS) is 19.8. The summed E-state index contributed by atoms with van der Waals surface area (Å²) in [5.74, 6) is -0.0336. The van der Waals surface area contributed by atoms with Gasteiger partial charge in [-0.1, -0.05) is 0 Å². The van der Waals surface area contributed by atoms with Gasteiger partial charge in [-0.2, -0.15) is 0 Å². The van der Waals surface area contributed by atoms with Gasteiger partial charge in [0.05, 0.1) is 5.92 Å². The number of nitrogens with zero attached hydrogens (tertiary/aromatic N) is 1. The zero-order valence-electron chi connectivity index (χ0n) is 10.8. The highest BCUT2D eigenvalue weighted by atomic mass is 16.4. The van der Waals surface area contributed by atoms with Gasteiger partial charge in [-0.3, -0.25) is 9.59 Å². The summed E-state index contributed by atoms with van der Waals surface area (Å²) in [4.78, 5) is 24.5. The molecular formula is C14H17NO4. The number of rotatable bonds is 3. The molecule has 1 N–H and O–H groups in total. The van der Waals surface area contributed by atoms with Crippen LogP contribution in [0.3, 0.4) is 0 Å². The molecule has 2 rings (SSSR count). The quantitative estimate of drug-likeness (QED) is 0.846. The fraction of sp³-hybridized carbons (Fsp3) is 0.429. The van der Waals surface area contributed by atoms with Crippen LogP contribution in [0.1, 0.15) is 24.4 Å². The van der Waals surface area contributed by atoms with Crippen LogP contribution in [0.2, 0.25) is 0 Å². The Morgan fingerprint density at radius 2 is 2.26 bits per heavy atom. The molecule has 0 spiro atoms. The van der Waals surface area contributed by atoms with Crippen LogP contribution in [0.25, 0.3) is 6.08 Å². The average molecular weight is 263 g/mol. The second-order valence-corrected chi connectivity index (χ2v) is 4.74. The Hall–Kier alpha value is -2.04. The third-order valence-electron chi connectivity index (χ3n) is 3.23. The lowest BCUT2D eigenvalue weighted by atomic mass is 9.98. The highest BCUT2D eigenvalue weighted by Gasteiger charge is 2.27. The van der Waals surface area contributed by atoms with Crippen LogP contribution >= 0.6 is 0 Å². The molecule has 0 saturated carbocycles. The maximum atomic E-state index is 12.0.